The van der Waals surface area contributed by atoms with Gasteiger partial charge in [0.15, 0.2) is 0 Å². The van der Waals surface area contributed by atoms with E-state index in [2.05, 4.69) is 14.7 Å². The first-order valence-corrected chi connectivity index (χ1v) is 5.79. The van der Waals surface area contributed by atoms with Crippen molar-refractivity contribution in [1.29, 1.82) is 0 Å². The quantitative estimate of drug-likeness (QED) is 0.873. The number of nitrogens with zero attached hydrogens (tertiary/aromatic N) is 1. The molecule has 106 valence electrons. The van der Waals surface area contributed by atoms with Crippen molar-refractivity contribution in [3.05, 3.63) is 39.8 Å². The highest BCUT2D eigenvalue weighted by Crippen LogP contribution is 2.17. The van der Waals surface area contributed by atoms with Gasteiger partial charge < -0.3 is 9.72 Å². The van der Waals surface area contributed by atoms with Crippen LogP contribution in [0.4, 0.5) is 8.78 Å². The molecule has 0 unspecified atom stereocenters. The zero-order valence-electron chi connectivity index (χ0n) is 10.9. The molecule has 1 N–H and O–H groups in total. The minimum Gasteiger partial charge on any atom is -0.465 e. The summed E-state index contributed by atoms with van der Waals surface area (Å²) in [7, 11) is 1.24. The molecule has 0 aliphatic carbocycles. The molecule has 0 saturated carbocycles. The average molecular weight is 282 g/mol. The number of aromatic nitrogens is 2. The number of H-pyrrole nitrogens is 1. The summed E-state index contributed by atoms with van der Waals surface area (Å²) in [6, 6.07) is 4.31. The van der Waals surface area contributed by atoms with Gasteiger partial charge in [-0.3, -0.25) is 4.79 Å². The third-order valence-corrected chi connectivity index (χ3v) is 2.66. The Morgan fingerprint density at radius 3 is 2.75 bits per heavy atom. The van der Waals surface area contributed by atoms with Gasteiger partial charge in [0.05, 0.1) is 30.1 Å². The van der Waals surface area contributed by atoms with E-state index in [-0.39, 0.29) is 11.3 Å². The van der Waals surface area contributed by atoms with E-state index in [0.717, 1.165) is 6.92 Å². The Morgan fingerprint density at radius 2 is 2.15 bits per heavy atom. The topological polar surface area (TPSA) is 72.0 Å². The van der Waals surface area contributed by atoms with Crippen molar-refractivity contribution in [1.82, 2.24) is 9.97 Å². The molecule has 0 aliphatic rings. The van der Waals surface area contributed by atoms with Crippen molar-refractivity contribution in [3.63, 3.8) is 0 Å². The second-order valence-electron chi connectivity index (χ2n) is 4.48. The van der Waals surface area contributed by atoms with E-state index >= 15 is 0 Å². The van der Waals surface area contributed by atoms with E-state index in [4.69, 9.17) is 0 Å². The summed E-state index contributed by atoms with van der Waals surface area (Å²) in [6.45, 7) is 0.721. The number of esters is 1. The number of nitrogens with one attached hydrogen (secondary N) is 1. The third kappa shape index (κ3) is 2.98. The van der Waals surface area contributed by atoms with Gasteiger partial charge in [0.1, 0.15) is 5.69 Å². The monoisotopic (exact) mass is 282 g/mol. The lowest BCUT2D eigenvalue weighted by atomic mass is 10.1. The van der Waals surface area contributed by atoms with Crippen LogP contribution in [-0.2, 0) is 11.2 Å². The van der Waals surface area contributed by atoms with Crippen LogP contribution in [0.5, 0.6) is 0 Å². The summed E-state index contributed by atoms with van der Waals surface area (Å²) in [5.41, 5.74) is -0.0690. The predicted octanol–water partition coefficient (Wildman–Crippen LogP) is 1.91. The van der Waals surface area contributed by atoms with Crippen LogP contribution >= 0.6 is 0 Å². The first kappa shape index (κ1) is 14.1. The highest BCUT2D eigenvalue weighted by Gasteiger charge is 2.24. The van der Waals surface area contributed by atoms with Crippen molar-refractivity contribution in [2.24, 2.45) is 0 Å². The molecule has 0 atom stereocenters. The minimum atomic E-state index is -3.01. The van der Waals surface area contributed by atoms with E-state index < -0.39 is 23.9 Å². The first-order chi connectivity index (χ1) is 9.30. The Labute approximate surface area is 112 Å². The number of carbonyl (C=O) groups is 1. The van der Waals surface area contributed by atoms with Crippen LogP contribution < -0.4 is 5.56 Å². The molecule has 1 aromatic carbocycles. The van der Waals surface area contributed by atoms with Crippen molar-refractivity contribution in [2.45, 2.75) is 19.3 Å². The van der Waals surface area contributed by atoms with Gasteiger partial charge in [-0.05, 0) is 25.1 Å². The van der Waals surface area contributed by atoms with Crippen LogP contribution in [0.2, 0.25) is 0 Å². The molecule has 0 amide bonds. The molecule has 0 fully saturated rings. The minimum absolute atomic E-state index is 0.240. The van der Waals surface area contributed by atoms with Gasteiger partial charge in [0, 0.05) is 0 Å². The first-order valence-electron chi connectivity index (χ1n) is 5.79. The molecule has 2 rings (SSSR count). The fourth-order valence-corrected chi connectivity index (χ4v) is 1.78. The number of hydrogen-bond donors (Lipinski definition) is 1. The molecular formula is C13H12F2N2O3. The average Bonchev–Trinajstić information content (AvgIpc) is 2.36. The molecule has 1 heterocycles. The Hall–Kier alpha value is -2.31. The number of carbonyl (C=O) groups excluding carboxylic acids is 1. The molecule has 0 aliphatic heterocycles. The number of aromatic amines is 1. The summed E-state index contributed by atoms with van der Waals surface area (Å²) < 4.78 is 30.5. The van der Waals surface area contributed by atoms with Gasteiger partial charge in [-0.25, -0.2) is 18.6 Å². The van der Waals surface area contributed by atoms with Gasteiger partial charge in [-0.2, -0.15) is 0 Å². The predicted molar refractivity (Wildman–Crippen MR) is 68.0 cm³/mol. The summed E-state index contributed by atoms with van der Waals surface area (Å²) in [6.07, 6.45) is -0.739. The molecule has 2 aromatic rings. The molecule has 0 saturated heterocycles. The molecule has 0 bridgehead atoms. The number of benzene rings is 1. The van der Waals surface area contributed by atoms with Crippen LogP contribution in [-0.4, -0.2) is 29.0 Å². The highest BCUT2D eigenvalue weighted by molar-refractivity contribution is 5.93. The summed E-state index contributed by atoms with van der Waals surface area (Å²) in [5.74, 6) is -3.57. The second kappa shape index (κ2) is 4.99. The fraction of sp³-hybridized carbons (Fsp3) is 0.308. The highest BCUT2D eigenvalue weighted by atomic mass is 19.3. The van der Waals surface area contributed by atoms with Crippen molar-refractivity contribution >= 4 is 17.0 Å². The van der Waals surface area contributed by atoms with Crippen LogP contribution in [0.25, 0.3) is 11.0 Å². The number of ether oxygens (including phenoxy) is 1. The molecule has 20 heavy (non-hydrogen) atoms. The number of methoxy groups -OCH3 is 1. The van der Waals surface area contributed by atoms with Crippen LogP contribution in [0.3, 0.4) is 0 Å². The van der Waals surface area contributed by atoms with Gasteiger partial charge in [0.25, 0.3) is 11.5 Å². The van der Waals surface area contributed by atoms with E-state index in [1.54, 1.807) is 0 Å². The molecular weight excluding hydrogens is 270 g/mol. The Bertz CT molecular complexity index is 720. The van der Waals surface area contributed by atoms with E-state index in [0.29, 0.717) is 11.0 Å². The fourth-order valence-electron chi connectivity index (χ4n) is 1.78. The molecule has 0 spiro atoms. The molecule has 1 aromatic heterocycles. The summed E-state index contributed by atoms with van der Waals surface area (Å²) >= 11 is 0. The Kier molecular flexibility index (Phi) is 3.52. The maximum absolute atomic E-state index is 12.9. The van der Waals surface area contributed by atoms with Crippen LogP contribution in [0.1, 0.15) is 23.0 Å². The van der Waals surface area contributed by atoms with Crippen molar-refractivity contribution in [2.75, 3.05) is 7.11 Å². The maximum Gasteiger partial charge on any atom is 0.337 e. The smallest absolute Gasteiger partial charge is 0.337 e. The standard InChI is InChI=1S/C13H12F2N2O3/c1-13(14,15)6-10-11(18)17-9-5-7(12(19)20-2)3-4-8(9)16-10/h3-5H,6H2,1-2H3,(H,17,18). The molecule has 7 heteroatoms. The lowest BCUT2D eigenvalue weighted by molar-refractivity contribution is 0.0213. The number of fused-ring (bicyclic) bond motifs is 1. The van der Waals surface area contributed by atoms with E-state index in [1.165, 1.54) is 25.3 Å². The Morgan fingerprint density at radius 1 is 1.45 bits per heavy atom. The van der Waals surface area contributed by atoms with E-state index in [1.807, 2.05) is 0 Å². The van der Waals surface area contributed by atoms with Crippen molar-refractivity contribution in [3.8, 4) is 0 Å². The van der Waals surface area contributed by atoms with Crippen LogP contribution in [0.15, 0.2) is 23.0 Å². The maximum atomic E-state index is 12.9. The third-order valence-electron chi connectivity index (χ3n) is 2.66. The van der Waals surface area contributed by atoms with Gasteiger partial charge in [-0.1, -0.05) is 0 Å². The lowest BCUT2D eigenvalue weighted by Crippen LogP contribution is -2.23. The number of halogens is 2. The van der Waals surface area contributed by atoms with Gasteiger partial charge in [-0.15, -0.1) is 0 Å². The zero-order valence-corrected chi connectivity index (χ0v) is 10.9. The lowest BCUT2D eigenvalue weighted by Gasteiger charge is -2.09. The number of alkyl halides is 2. The Balaban J connectivity index is 2.51. The summed E-state index contributed by atoms with van der Waals surface area (Å²) in [5, 5.41) is 0. The van der Waals surface area contributed by atoms with E-state index in [9.17, 15) is 18.4 Å². The molecule has 5 nitrogen and oxygen atoms in total. The normalized spacial score (nSPS) is 11.6. The number of hydrogen-bond acceptors (Lipinski definition) is 4. The number of rotatable bonds is 3. The van der Waals surface area contributed by atoms with Gasteiger partial charge in [0.2, 0.25) is 0 Å². The van der Waals surface area contributed by atoms with Crippen molar-refractivity contribution < 1.29 is 18.3 Å². The van der Waals surface area contributed by atoms with Crippen LogP contribution in [0, 0.1) is 0 Å². The SMILES string of the molecule is COC(=O)c1ccc2nc(CC(C)(F)F)c(=O)[nH]c2c1. The molecule has 0 radical (unpaired) electrons. The summed E-state index contributed by atoms with van der Waals surface area (Å²) in [4.78, 5) is 29.4. The van der Waals surface area contributed by atoms with Gasteiger partial charge >= 0.3 is 5.97 Å². The second-order valence-corrected chi connectivity index (χ2v) is 4.48. The largest absolute Gasteiger partial charge is 0.465 e. The zero-order chi connectivity index (χ0) is 14.9.